The summed E-state index contributed by atoms with van der Waals surface area (Å²) in [5, 5.41) is 18.9. The van der Waals surface area contributed by atoms with Crippen molar-refractivity contribution in [3.05, 3.63) is 71.8 Å². The third-order valence-electron chi connectivity index (χ3n) is 5.27. The molecule has 4 rings (SSSR count). The van der Waals surface area contributed by atoms with Crippen LogP contribution in [0.1, 0.15) is 11.1 Å². The van der Waals surface area contributed by atoms with E-state index in [9.17, 15) is 0 Å². The maximum absolute atomic E-state index is 5.34. The van der Waals surface area contributed by atoms with Crippen LogP contribution in [0.5, 0.6) is 23.0 Å². The molecule has 0 fully saturated rings. The van der Waals surface area contributed by atoms with E-state index in [2.05, 4.69) is 31.3 Å². The van der Waals surface area contributed by atoms with E-state index in [0.717, 1.165) is 21.9 Å². The van der Waals surface area contributed by atoms with Crippen LogP contribution in [0.15, 0.2) is 70.9 Å². The average molecular weight is 487 g/mol. The second-order valence-electron chi connectivity index (χ2n) is 7.41. The second-order valence-corrected chi connectivity index (χ2v) is 7.41. The molecular weight excluding hydrogens is 460 g/mol. The van der Waals surface area contributed by atoms with Crippen LogP contribution in [-0.2, 0) is 0 Å². The van der Waals surface area contributed by atoms with Gasteiger partial charge in [-0.1, -0.05) is 24.3 Å². The molecule has 0 aliphatic rings. The van der Waals surface area contributed by atoms with Crippen molar-refractivity contribution in [2.75, 3.05) is 39.3 Å². The molecule has 1 aromatic heterocycles. The van der Waals surface area contributed by atoms with Crippen molar-refractivity contribution in [3.8, 4) is 23.0 Å². The van der Waals surface area contributed by atoms with E-state index < -0.39 is 0 Å². The number of aromatic nitrogens is 2. The Balaban J connectivity index is 1.51. The first kappa shape index (κ1) is 24.3. The Morgan fingerprint density at radius 2 is 1.00 bits per heavy atom. The van der Waals surface area contributed by atoms with Crippen LogP contribution < -0.4 is 29.8 Å². The number of nitrogens with zero attached hydrogens (tertiary/aromatic N) is 4. The second kappa shape index (κ2) is 11.5. The normalized spacial score (nSPS) is 11.1. The third-order valence-corrected chi connectivity index (χ3v) is 5.27. The highest BCUT2D eigenvalue weighted by atomic mass is 16.5. The van der Waals surface area contributed by atoms with Crippen molar-refractivity contribution >= 4 is 34.8 Å². The van der Waals surface area contributed by atoms with Crippen LogP contribution in [0.4, 0.5) is 11.6 Å². The highest BCUT2D eigenvalue weighted by molar-refractivity contribution is 5.98. The van der Waals surface area contributed by atoms with Crippen molar-refractivity contribution in [1.29, 1.82) is 0 Å². The highest BCUT2D eigenvalue weighted by Gasteiger charge is 2.09. The third kappa shape index (κ3) is 5.44. The molecule has 0 radical (unpaired) electrons. The Labute approximate surface area is 208 Å². The van der Waals surface area contributed by atoms with Gasteiger partial charge in [0.2, 0.25) is 0 Å². The van der Waals surface area contributed by atoms with E-state index in [4.69, 9.17) is 18.9 Å². The van der Waals surface area contributed by atoms with Crippen LogP contribution in [0.25, 0.3) is 10.8 Å². The highest BCUT2D eigenvalue weighted by Crippen LogP contribution is 2.29. The molecule has 0 amide bonds. The smallest absolute Gasteiger partial charge is 0.176 e. The molecule has 0 atom stereocenters. The Bertz CT molecular complexity index is 1300. The minimum Gasteiger partial charge on any atom is -0.493 e. The summed E-state index contributed by atoms with van der Waals surface area (Å²) in [7, 11) is 6.37. The van der Waals surface area contributed by atoms with Gasteiger partial charge in [-0.15, -0.1) is 10.2 Å². The van der Waals surface area contributed by atoms with E-state index in [0.29, 0.717) is 34.6 Å². The van der Waals surface area contributed by atoms with Crippen LogP contribution in [0, 0.1) is 0 Å². The van der Waals surface area contributed by atoms with Crippen LogP contribution >= 0.6 is 0 Å². The molecule has 3 aromatic carbocycles. The number of hydrogen-bond acceptors (Lipinski definition) is 10. The zero-order chi connectivity index (χ0) is 25.3. The maximum Gasteiger partial charge on any atom is 0.176 e. The minimum atomic E-state index is 0.511. The van der Waals surface area contributed by atoms with Crippen LogP contribution in [0.3, 0.4) is 0 Å². The van der Waals surface area contributed by atoms with E-state index in [1.54, 1.807) is 40.9 Å². The van der Waals surface area contributed by atoms with Gasteiger partial charge in [0.25, 0.3) is 0 Å². The standard InChI is InChI=1S/C26H26N6O4/c1-33-21-11-9-17(13-23(21)35-3)15-27-29-25-19-7-5-6-8-20(19)26(32-31-25)30-28-16-18-10-12-22(34-2)24(14-18)36-4/h5-16H,1-4H3,(H,29,31)(H,30,32)/b27-15-,28-16+. The number of methoxy groups -OCH3 is 4. The molecule has 184 valence electrons. The Morgan fingerprint density at radius 3 is 1.39 bits per heavy atom. The Kier molecular flexibility index (Phi) is 7.76. The van der Waals surface area contributed by atoms with Crippen molar-refractivity contribution in [1.82, 2.24) is 10.2 Å². The predicted molar refractivity (Wildman–Crippen MR) is 141 cm³/mol. The van der Waals surface area contributed by atoms with Gasteiger partial charge in [-0.3, -0.25) is 10.9 Å². The zero-order valence-corrected chi connectivity index (χ0v) is 20.4. The summed E-state index contributed by atoms with van der Waals surface area (Å²) in [6.45, 7) is 0. The fourth-order valence-electron chi connectivity index (χ4n) is 3.47. The molecule has 2 N–H and O–H groups in total. The average Bonchev–Trinajstić information content (AvgIpc) is 2.93. The van der Waals surface area contributed by atoms with Crippen LogP contribution in [-0.4, -0.2) is 51.1 Å². The molecule has 36 heavy (non-hydrogen) atoms. The molecule has 0 aliphatic heterocycles. The fourth-order valence-corrected chi connectivity index (χ4v) is 3.47. The first-order chi connectivity index (χ1) is 17.7. The SMILES string of the molecule is COc1ccc(/C=N\Nc2nnc(N/N=C/c3ccc(OC)c(OC)c3)c3ccccc23)cc1OC. The van der Waals surface area contributed by atoms with Crippen LogP contribution in [0.2, 0.25) is 0 Å². The lowest BCUT2D eigenvalue weighted by Gasteiger charge is -2.09. The lowest BCUT2D eigenvalue weighted by atomic mass is 10.2. The van der Waals surface area contributed by atoms with Gasteiger partial charge >= 0.3 is 0 Å². The predicted octanol–water partition coefficient (Wildman–Crippen LogP) is 4.56. The first-order valence-electron chi connectivity index (χ1n) is 10.9. The first-order valence-corrected chi connectivity index (χ1v) is 10.9. The zero-order valence-electron chi connectivity index (χ0n) is 20.4. The molecule has 1 heterocycles. The summed E-state index contributed by atoms with van der Waals surface area (Å²) in [6.07, 6.45) is 3.33. The molecule has 10 nitrogen and oxygen atoms in total. The lowest BCUT2D eigenvalue weighted by molar-refractivity contribution is 0.355. The van der Waals surface area contributed by atoms with Gasteiger partial charge in [-0.25, -0.2) is 0 Å². The molecule has 0 bridgehead atoms. The number of rotatable bonds is 10. The molecular formula is C26H26N6O4. The maximum atomic E-state index is 5.34. The van der Waals surface area contributed by atoms with Gasteiger partial charge in [0.15, 0.2) is 34.6 Å². The molecule has 0 saturated heterocycles. The summed E-state index contributed by atoms with van der Waals surface area (Å²) >= 11 is 0. The van der Waals surface area contributed by atoms with E-state index in [1.165, 1.54) is 0 Å². The number of anilines is 2. The van der Waals surface area contributed by atoms with E-state index in [-0.39, 0.29) is 0 Å². The van der Waals surface area contributed by atoms with Crippen molar-refractivity contribution in [2.24, 2.45) is 10.2 Å². The van der Waals surface area contributed by atoms with Gasteiger partial charge in [-0.05, 0) is 47.5 Å². The number of hydrogen-bond donors (Lipinski definition) is 2. The summed E-state index contributed by atoms with van der Waals surface area (Å²) in [5.41, 5.74) is 7.60. The van der Waals surface area contributed by atoms with E-state index in [1.807, 2.05) is 60.7 Å². The molecule has 0 aliphatic carbocycles. The van der Waals surface area contributed by atoms with E-state index >= 15 is 0 Å². The fraction of sp³-hybridized carbons (Fsp3) is 0.154. The van der Waals surface area contributed by atoms with Gasteiger partial charge in [-0.2, -0.15) is 10.2 Å². The quantitative estimate of drug-likeness (QED) is 0.248. The lowest BCUT2D eigenvalue weighted by Crippen LogP contribution is -2.02. The molecule has 10 heteroatoms. The molecule has 4 aromatic rings. The molecule has 0 spiro atoms. The van der Waals surface area contributed by atoms with Crippen molar-refractivity contribution in [3.63, 3.8) is 0 Å². The summed E-state index contributed by atoms with van der Waals surface area (Å²) in [4.78, 5) is 0. The summed E-state index contributed by atoms with van der Waals surface area (Å²) in [6, 6.07) is 18.8. The number of fused-ring (bicyclic) bond motifs is 1. The molecule has 0 unspecified atom stereocenters. The topological polar surface area (TPSA) is 111 Å². The van der Waals surface area contributed by atoms with Gasteiger partial charge in [0, 0.05) is 10.8 Å². The minimum absolute atomic E-state index is 0.511. The number of nitrogens with one attached hydrogen (secondary N) is 2. The monoisotopic (exact) mass is 486 g/mol. The van der Waals surface area contributed by atoms with Crippen molar-refractivity contribution < 1.29 is 18.9 Å². The Morgan fingerprint density at radius 1 is 0.583 bits per heavy atom. The summed E-state index contributed by atoms with van der Waals surface area (Å²) in [5.74, 6) is 3.56. The number of hydrazone groups is 2. The number of ether oxygens (including phenoxy) is 4. The Hall–Kier alpha value is -4.86. The van der Waals surface area contributed by atoms with Gasteiger partial charge < -0.3 is 18.9 Å². The van der Waals surface area contributed by atoms with Crippen molar-refractivity contribution in [2.45, 2.75) is 0 Å². The largest absolute Gasteiger partial charge is 0.493 e. The number of benzene rings is 3. The van der Waals surface area contributed by atoms with Gasteiger partial charge in [0.05, 0.1) is 40.9 Å². The summed E-state index contributed by atoms with van der Waals surface area (Å²) < 4.78 is 21.2. The molecule has 0 saturated carbocycles. The van der Waals surface area contributed by atoms with Gasteiger partial charge in [0.1, 0.15) is 0 Å².